The van der Waals surface area contributed by atoms with Crippen molar-refractivity contribution in [2.45, 2.75) is 97.4 Å². The number of aromatic nitrogens is 1. The van der Waals surface area contributed by atoms with Crippen molar-refractivity contribution in [1.82, 2.24) is 20.5 Å². The van der Waals surface area contributed by atoms with Crippen molar-refractivity contribution in [1.29, 1.82) is 0 Å². The number of rotatable bonds is 13. The number of hydrogen-bond donors (Lipinski definition) is 3. The van der Waals surface area contributed by atoms with Gasteiger partial charge in [-0.2, -0.15) is 0 Å². The summed E-state index contributed by atoms with van der Waals surface area (Å²) in [6.07, 6.45) is 2.86. The molecule has 2 heterocycles. The van der Waals surface area contributed by atoms with Crippen molar-refractivity contribution in [2.24, 2.45) is 5.41 Å². The maximum absolute atomic E-state index is 13.7. The van der Waals surface area contributed by atoms with Gasteiger partial charge in [0, 0.05) is 32.4 Å². The van der Waals surface area contributed by atoms with E-state index in [0.717, 1.165) is 34.5 Å². The monoisotopic (exact) mass is 600 g/mol. The third-order valence-corrected chi connectivity index (χ3v) is 8.45. The molecule has 11 heteroatoms. The minimum atomic E-state index is -0.854. The topological polar surface area (TPSA) is 138 Å². The number of aliphatic hydroxyl groups excluding tert-OH is 1. The number of esters is 1. The van der Waals surface area contributed by atoms with Gasteiger partial charge in [-0.15, -0.1) is 11.3 Å². The number of amides is 3. The minimum Gasteiger partial charge on any atom is -0.469 e. The number of nitrogens with zero attached hydrogens (tertiary/aromatic N) is 2. The van der Waals surface area contributed by atoms with Crippen LogP contribution in [-0.4, -0.2) is 70.5 Å². The Hall–Kier alpha value is -3.31. The molecule has 3 atom stereocenters. The molecule has 0 spiro atoms. The van der Waals surface area contributed by atoms with Crippen molar-refractivity contribution < 1.29 is 29.0 Å². The van der Waals surface area contributed by atoms with Crippen LogP contribution in [-0.2, 0) is 30.5 Å². The summed E-state index contributed by atoms with van der Waals surface area (Å²) in [6.45, 7) is 7.87. The highest BCUT2D eigenvalue weighted by Gasteiger charge is 2.44. The van der Waals surface area contributed by atoms with Gasteiger partial charge >= 0.3 is 5.97 Å². The van der Waals surface area contributed by atoms with E-state index in [9.17, 15) is 24.3 Å². The third kappa shape index (κ3) is 9.35. The first kappa shape index (κ1) is 33.2. The molecule has 1 aliphatic rings. The van der Waals surface area contributed by atoms with E-state index >= 15 is 0 Å². The Morgan fingerprint density at radius 2 is 1.76 bits per heavy atom. The SMILES string of the molecule is COC(=O)CCCCCCC(=O)NC(C(=O)N1CC(O)CC1C(=O)NCc1ccc(-c2scnc2C)cc1)C(C)(C)C. The Morgan fingerprint density at radius 3 is 2.36 bits per heavy atom. The number of nitrogens with one attached hydrogen (secondary N) is 2. The summed E-state index contributed by atoms with van der Waals surface area (Å²) in [5.41, 5.74) is 4.16. The smallest absolute Gasteiger partial charge is 0.305 e. The van der Waals surface area contributed by atoms with Gasteiger partial charge < -0.3 is 25.4 Å². The van der Waals surface area contributed by atoms with E-state index in [2.05, 4.69) is 20.4 Å². The summed E-state index contributed by atoms with van der Waals surface area (Å²) < 4.78 is 4.64. The highest BCUT2D eigenvalue weighted by atomic mass is 32.1. The molecule has 1 fully saturated rings. The van der Waals surface area contributed by atoms with Crippen LogP contribution in [0.4, 0.5) is 0 Å². The van der Waals surface area contributed by atoms with Crippen LogP contribution in [0.1, 0.15) is 77.0 Å². The van der Waals surface area contributed by atoms with Crippen molar-refractivity contribution in [3.63, 3.8) is 0 Å². The molecular formula is C31H44N4O6S. The summed E-state index contributed by atoms with van der Waals surface area (Å²) in [5, 5.41) is 16.2. The number of methoxy groups -OCH3 is 1. The zero-order valence-corrected chi connectivity index (χ0v) is 26.1. The van der Waals surface area contributed by atoms with Crippen LogP contribution in [0.25, 0.3) is 10.4 Å². The van der Waals surface area contributed by atoms with Crippen molar-refractivity contribution >= 4 is 35.0 Å². The van der Waals surface area contributed by atoms with Gasteiger partial charge in [0.15, 0.2) is 0 Å². The standard InChI is InChI=1S/C31H44N4O6S/c1-20-27(42-19-33-20)22-14-12-21(13-15-22)17-32-29(39)24-16-23(36)18-35(24)30(40)28(31(2,3)4)34-25(37)10-8-6-7-9-11-26(38)41-5/h12-15,19,23-24,28,36H,6-11,16-18H2,1-5H3,(H,32,39)(H,34,37). The van der Waals surface area contributed by atoms with Gasteiger partial charge in [0.1, 0.15) is 12.1 Å². The van der Waals surface area contributed by atoms with E-state index in [1.165, 1.54) is 12.0 Å². The molecule has 2 aromatic rings. The Morgan fingerprint density at radius 1 is 1.10 bits per heavy atom. The van der Waals surface area contributed by atoms with Gasteiger partial charge in [0.05, 0.1) is 29.3 Å². The zero-order valence-electron chi connectivity index (χ0n) is 25.3. The number of carbonyl (C=O) groups is 4. The number of benzene rings is 1. The zero-order chi connectivity index (χ0) is 30.9. The van der Waals surface area contributed by atoms with Gasteiger partial charge in [0.2, 0.25) is 17.7 Å². The number of thiazole rings is 1. The van der Waals surface area contributed by atoms with E-state index in [-0.39, 0.29) is 49.6 Å². The summed E-state index contributed by atoms with van der Waals surface area (Å²) in [4.78, 5) is 57.7. The minimum absolute atomic E-state index is 0.0302. The largest absolute Gasteiger partial charge is 0.469 e. The number of unbranched alkanes of at least 4 members (excludes halogenated alkanes) is 3. The number of β-amino-alcohol motifs (C(OH)–C–C–N with tert-alkyl or cyclic N) is 1. The molecule has 3 rings (SSSR count). The summed E-state index contributed by atoms with van der Waals surface area (Å²) in [7, 11) is 1.36. The first-order chi connectivity index (χ1) is 19.9. The molecule has 1 saturated heterocycles. The second-order valence-electron chi connectivity index (χ2n) is 11.9. The first-order valence-corrected chi connectivity index (χ1v) is 15.4. The average Bonchev–Trinajstić information content (AvgIpc) is 3.56. The normalized spacial score (nSPS) is 17.5. The molecule has 0 saturated carbocycles. The fourth-order valence-corrected chi connectivity index (χ4v) is 5.84. The molecule has 1 aromatic carbocycles. The Bertz CT molecular complexity index is 1220. The molecule has 1 aliphatic heterocycles. The van der Waals surface area contributed by atoms with Crippen LogP contribution in [0, 0.1) is 12.3 Å². The van der Waals surface area contributed by atoms with Gasteiger partial charge in [0.25, 0.3) is 0 Å². The van der Waals surface area contributed by atoms with E-state index in [1.807, 2.05) is 57.5 Å². The number of hydrogen-bond acceptors (Lipinski definition) is 8. The highest BCUT2D eigenvalue weighted by molar-refractivity contribution is 7.13. The molecule has 0 aliphatic carbocycles. The van der Waals surface area contributed by atoms with Gasteiger partial charge in [-0.1, -0.05) is 57.9 Å². The maximum atomic E-state index is 13.7. The van der Waals surface area contributed by atoms with Gasteiger partial charge in [-0.05, 0) is 36.3 Å². The van der Waals surface area contributed by atoms with Crippen LogP contribution in [0.3, 0.4) is 0 Å². The summed E-state index contributed by atoms with van der Waals surface area (Å²) in [6, 6.07) is 6.21. The number of likely N-dealkylation sites (tertiary alicyclic amines) is 1. The number of aryl methyl sites for hydroxylation is 1. The fourth-order valence-electron chi connectivity index (χ4n) is 5.02. The Kier molecular flexibility index (Phi) is 12.0. The lowest BCUT2D eigenvalue weighted by molar-refractivity contribution is -0.144. The van der Waals surface area contributed by atoms with Crippen LogP contribution < -0.4 is 10.6 Å². The molecule has 0 bridgehead atoms. The second kappa shape index (κ2) is 15.2. The predicted molar refractivity (Wildman–Crippen MR) is 161 cm³/mol. The lowest BCUT2D eigenvalue weighted by atomic mass is 9.85. The second-order valence-corrected chi connectivity index (χ2v) is 12.8. The third-order valence-electron chi connectivity index (χ3n) is 7.47. The van der Waals surface area contributed by atoms with Gasteiger partial charge in [-0.25, -0.2) is 4.98 Å². The molecule has 3 N–H and O–H groups in total. The number of ether oxygens (including phenoxy) is 1. The quantitative estimate of drug-likeness (QED) is 0.235. The number of aliphatic hydroxyl groups is 1. The molecule has 42 heavy (non-hydrogen) atoms. The van der Waals surface area contributed by atoms with Gasteiger partial charge in [-0.3, -0.25) is 19.2 Å². The van der Waals surface area contributed by atoms with Crippen LogP contribution >= 0.6 is 11.3 Å². The van der Waals surface area contributed by atoms with E-state index in [4.69, 9.17) is 0 Å². The Labute approximate surface area is 252 Å². The van der Waals surface area contributed by atoms with Crippen LogP contribution in [0.5, 0.6) is 0 Å². The molecule has 10 nitrogen and oxygen atoms in total. The molecule has 0 radical (unpaired) electrons. The predicted octanol–water partition coefficient (Wildman–Crippen LogP) is 3.74. The first-order valence-electron chi connectivity index (χ1n) is 14.5. The van der Waals surface area contributed by atoms with Crippen LogP contribution in [0.2, 0.25) is 0 Å². The molecule has 3 amide bonds. The maximum Gasteiger partial charge on any atom is 0.305 e. The fraction of sp³-hybridized carbons (Fsp3) is 0.581. The average molecular weight is 601 g/mol. The van der Waals surface area contributed by atoms with E-state index < -0.39 is 23.6 Å². The van der Waals surface area contributed by atoms with Crippen LogP contribution in [0.15, 0.2) is 29.8 Å². The molecule has 1 aromatic heterocycles. The van der Waals surface area contributed by atoms with Crippen molar-refractivity contribution in [2.75, 3.05) is 13.7 Å². The van der Waals surface area contributed by atoms with E-state index in [0.29, 0.717) is 19.3 Å². The van der Waals surface area contributed by atoms with E-state index in [1.54, 1.807) is 11.3 Å². The molecule has 230 valence electrons. The summed E-state index contributed by atoms with van der Waals surface area (Å²) in [5.74, 6) is -1.20. The molecular weight excluding hydrogens is 556 g/mol. The van der Waals surface area contributed by atoms with Crippen molar-refractivity contribution in [3.8, 4) is 10.4 Å². The highest BCUT2D eigenvalue weighted by Crippen LogP contribution is 2.28. The van der Waals surface area contributed by atoms with Crippen molar-refractivity contribution in [3.05, 3.63) is 41.0 Å². The Balaban J connectivity index is 1.56. The lowest BCUT2D eigenvalue weighted by Gasteiger charge is -2.35. The summed E-state index contributed by atoms with van der Waals surface area (Å²) >= 11 is 1.58. The molecule has 3 unspecified atom stereocenters. The lowest BCUT2D eigenvalue weighted by Crippen LogP contribution is -2.57. The number of carbonyl (C=O) groups excluding carboxylic acids is 4.